The van der Waals surface area contributed by atoms with E-state index in [0.29, 0.717) is 11.4 Å². The Morgan fingerprint density at radius 2 is 2.05 bits per heavy atom. The lowest BCUT2D eigenvalue weighted by atomic mass is 10.2. The summed E-state index contributed by atoms with van der Waals surface area (Å²) in [5.41, 5.74) is 6.73. The minimum Gasteiger partial charge on any atom is -0.468 e. The van der Waals surface area contributed by atoms with Gasteiger partial charge in [-0.1, -0.05) is 12.1 Å². The van der Waals surface area contributed by atoms with Gasteiger partial charge in [0.05, 0.1) is 26.0 Å². The third kappa shape index (κ3) is 7.09. The van der Waals surface area contributed by atoms with E-state index in [9.17, 15) is 14.4 Å². The molecule has 0 radical (unpaired) electrons. The molecule has 0 fully saturated rings. The molecule has 1 rings (SSSR count). The molecule has 4 N–H and O–H groups in total. The van der Waals surface area contributed by atoms with Gasteiger partial charge >= 0.3 is 5.97 Å². The zero-order chi connectivity index (χ0) is 16.4. The second-order valence-corrected chi connectivity index (χ2v) is 5.28. The van der Waals surface area contributed by atoms with E-state index >= 15 is 0 Å². The number of anilines is 1. The van der Waals surface area contributed by atoms with Gasteiger partial charge in [0, 0.05) is 11.4 Å². The molecule has 0 heterocycles. The molecule has 120 valence electrons. The van der Waals surface area contributed by atoms with Crippen LogP contribution in [-0.2, 0) is 24.9 Å². The molecule has 0 aliphatic carbocycles. The molecule has 2 amide bonds. The molecule has 0 aliphatic heterocycles. The average Bonchev–Trinajstić information content (AvgIpc) is 2.52. The number of rotatable bonds is 8. The molecule has 1 aromatic rings. The number of ether oxygens (including phenoxy) is 1. The lowest BCUT2D eigenvalue weighted by molar-refractivity contribution is -0.137. The largest absolute Gasteiger partial charge is 0.468 e. The van der Waals surface area contributed by atoms with Gasteiger partial charge in [0.25, 0.3) is 0 Å². The van der Waals surface area contributed by atoms with E-state index in [-0.39, 0.29) is 36.6 Å². The van der Waals surface area contributed by atoms with Crippen molar-refractivity contribution in [1.82, 2.24) is 5.32 Å². The highest BCUT2D eigenvalue weighted by atomic mass is 32.2. The quantitative estimate of drug-likeness (QED) is 0.585. The monoisotopic (exact) mass is 325 g/mol. The van der Waals surface area contributed by atoms with Crippen molar-refractivity contribution in [2.45, 2.75) is 5.75 Å². The van der Waals surface area contributed by atoms with Crippen molar-refractivity contribution in [2.75, 3.05) is 31.3 Å². The smallest absolute Gasteiger partial charge is 0.315 e. The maximum atomic E-state index is 11.7. The number of amides is 2. The predicted octanol–water partition coefficient (Wildman–Crippen LogP) is 0.106. The second-order valence-electron chi connectivity index (χ2n) is 4.30. The first-order chi connectivity index (χ1) is 10.5. The molecule has 0 atom stereocenters. The second kappa shape index (κ2) is 9.80. The normalized spacial score (nSPS) is 9.91. The van der Waals surface area contributed by atoms with Crippen LogP contribution in [0.1, 0.15) is 5.56 Å². The molecule has 8 heteroatoms. The van der Waals surface area contributed by atoms with E-state index in [1.807, 2.05) is 18.2 Å². The molecule has 1 aromatic carbocycles. The number of benzene rings is 1. The van der Waals surface area contributed by atoms with E-state index in [0.717, 1.165) is 5.56 Å². The van der Waals surface area contributed by atoms with Crippen LogP contribution in [0.15, 0.2) is 24.3 Å². The Bertz CT molecular complexity index is 537. The van der Waals surface area contributed by atoms with Crippen LogP contribution in [0.2, 0.25) is 0 Å². The van der Waals surface area contributed by atoms with Crippen molar-refractivity contribution < 1.29 is 19.1 Å². The number of hydrogen-bond donors (Lipinski definition) is 3. The Labute approximate surface area is 133 Å². The molecule has 7 nitrogen and oxygen atoms in total. The Morgan fingerprint density at radius 1 is 1.27 bits per heavy atom. The standard InChI is InChI=1S/C14H19N3O4S/c1-21-14(20)9-22-8-10-3-2-4-11(5-10)17-13(19)7-16-12(18)6-15/h2-5H,6-9,15H2,1H3,(H,16,18)(H,17,19). The van der Waals surface area contributed by atoms with Crippen molar-refractivity contribution in [3.63, 3.8) is 0 Å². The third-order valence-corrected chi connectivity index (χ3v) is 3.54. The first kappa shape index (κ1) is 18.0. The number of nitrogens with one attached hydrogen (secondary N) is 2. The molecule has 0 saturated heterocycles. The number of carbonyl (C=O) groups is 3. The van der Waals surface area contributed by atoms with Gasteiger partial charge in [0.1, 0.15) is 0 Å². The summed E-state index contributed by atoms with van der Waals surface area (Å²) in [5.74, 6) is -0.0876. The van der Waals surface area contributed by atoms with Gasteiger partial charge in [-0.05, 0) is 17.7 Å². The van der Waals surface area contributed by atoms with Crippen molar-refractivity contribution in [3.05, 3.63) is 29.8 Å². The number of hydrogen-bond acceptors (Lipinski definition) is 6. The first-order valence-corrected chi connectivity index (χ1v) is 7.70. The number of esters is 1. The van der Waals surface area contributed by atoms with E-state index in [2.05, 4.69) is 15.4 Å². The summed E-state index contributed by atoms with van der Waals surface area (Å²) < 4.78 is 4.56. The number of methoxy groups -OCH3 is 1. The zero-order valence-electron chi connectivity index (χ0n) is 12.3. The van der Waals surface area contributed by atoms with Gasteiger partial charge in [0.15, 0.2) is 0 Å². The highest BCUT2D eigenvalue weighted by Gasteiger charge is 2.06. The molecule has 0 spiro atoms. The fraction of sp³-hybridized carbons (Fsp3) is 0.357. The zero-order valence-corrected chi connectivity index (χ0v) is 13.1. The number of carbonyl (C=O) groups excluding carboxylic acids is 3. The Kier molecular flexibility index (Phi) is 8.01. The molecule has 0 aromatic heterocycles. The van der Waals surface area contributed by atoms with Crippen LogP contribution in [0.4, 0.5) is 5.69 Å². The molecule has 0 aliphatic rings. The van der Waals surface area contributed by atoms with E-state index in [1.54, 1.807) is 6.07 Å². The van der Waals surface area contributed by atoms with Gasteiger partial charge in [0.2, 0.25) is 11.8 Å². The van der Waals surface area contributed by atoms with Crippen LogP contribution >= 0.6 is 11.8 Å². The predicted molar refractivity (Wildman–Crippen MR) is 85.3 cm³/mol. The maximum absolute atomic E-state index is 11.7. The maximum Gasteiger partial charge on any atom is 0.315 e. The van der Waals surface area contributed by atoms with Crippen LogP contribution in [0, 0.1) is 0 Å². The molecular formula is C14H19N3O4S. The Hall–Kier alpha value is -2.06. The summed E-state index contributed by atoms with van der Waals surface area (Å²) in [6, 6.07) is 7.27. The molecular weight excluding hydrogens is 306 g/mol. The van der Waals surface area contributed by atoms with E-state index in [4.69, 9.17) is 5.73 Å². The minimum absolute atomic E-state index is 0.128. The summed E-state index contributed by atoms with van der Waals surface area (Å²) in [4.78, 5) is 33.6. The summed E-state index contributed by atoms with van der Waals surface area (Å²) >= 11 is 1.43. The molecule has 0 saturated carbocycles. The van der Waals surface area contributed by atoms with Gasteiger partial charge in [-0.25, -0.2) is 0 Å². The van der Waals surface area contributed by atoms with Crippen molar-refractivity contribution in [3.8, 4) is 0 Å². The van der Waals surface area contributed by atoms with Gasteiger partial charge < -0.3 is 21.1 Å². The van der Waals surface area contributed by atoms with Crippen LogP contribution in [0.5, 0.6) is 0 Å². The highest BCUT2D eigenvalue weighted by molar-refractivity contribution is 7.99. The fourth-order valence-electron chi connectivity index (χ4n) is 1.51. The fourth-order valence-corrected chi connectivity index (χ4v) is 2.31. The van der Waals surface area contributed by atoms with Crippen LogP contribution < -0.4 is 16.4 Å². The van der Waals surface area contributed by atoms with Crippen molar-refractivity contribution >= 4 is 35.2 Å². The van der Waals surface area contributed by atoms with Crippen LogP contribution in [0.25, 0.3) is 0 Å². The lowest BCUT2D eigenvalue weighted by Gasteiger charge is -2.08. The van der Waals surface area contributed by atoms with Crippen LogP contribution in [-0.4, -0.2) is 43.7 Å². The molecule has 0 unspecified atom stereocenters. The summed E-state index contributed by atoms with van der Waals surface area (Å²) in [7, 11) is 1.35. The topological polar surface area (TPSA) is 111 Å². The average molecular weight is 325 g/mol. The Balaban J connectivity index is 2.44. The van der Waals surface area contributed by atoms with E-state index in [1.165, 1.54) is 18.9 Å². The first-order valence-electron chi connectivity index (χ1n) is 6.55. The highest BCUT2D eigenvalue weighted by Crippen LogP contribution is 2.16. The molecule has 0 bridgehead atoms. The minimum atomic E-state index is -0.386. The Morgan fingerprint density at radius 3 is 2.73 bits per heavy atom. The van der Waals surface area contributed by atoms with Gasteiger partial charge in [-0.3, -0.25) is 14.4 Å². The molecule has 22 heavy (non-hydrogen) atoms. The number of nitrogens with two attached hydrogens (primary N) is 1. The lowest BCUT2D eigenvalue weighted by Crippen LogP contribution is -2.36. The number of thioether (sulfide) groups is 1. The summed E-state index contributed by atoms with van der Waals surface area (Å²) in [6.45, 7) is -0.280. The van der Waals surface area contributed by atoms with E-state index < -0.39 is 0 Å². The summed E-state index contributed by atoms with van der Waals surface area (Å²) in [6.07, 6.45) is 0. The third-order valence-electron chi connectivity index (χ3n) is 2.56. The van der Waals surface area contributed by atoms with Crippen molar-refractivity contribution in [1.29, 1.82) is 0 Å². The van der Waals surface area contributed by atoms with Crippen LogP contribution in [0.3, 0.4) is 0 Å². The van der Waals surface area contributed by atoms with Gasteiger partial charge in [-0.2, -0.15) is 0 Å². The van der Waals surface area contributed by atoms with Crippen molar-refractivity contribution in [2.24, 2.45) is 5.73 Å². The van der Waals surface area contributed by atoms with Gasteiger partial charge in [-0.15, -0.1) is 11.8 Å². The SMILES string of the molecule is COC(=O)CSCc1cccc(NC(=O)CNC(=O)CN)c1. The summed E-state index contributed by atoms with van der Waals surface area (Å²) in [5, 5.41) is 5.07.